The first-order valence-corrected chi connectivity index (χ1v) is 4.28. The van der Waals surface area contributed by atoms with Crippen molar-refractivity contribution in [3.63, 3.8) is 0 Å². The second-order valence-electron chi connectivity index (χ2n) is 3.05. The van der Waals surface area contributed by atoms with Crippen LogP contribution in [-0.2, 0) is 14.3 Å². The molecule has 5 heteroatoms. The normalized spacial score (nSPS) is 23.8. The van der Waals surface area contributed by atoms with Gasteiger partial charge >= 0.3 is 5.97 Å². The minimum Gasteiger partial charge on any atom is -0.480 e. The van der Waals surface area contributed by atoms with E-state index >= 15 is 0 Å². The summed E-state index contributed by atoms with van der Waals surface area (Å²) in [5.74, 6) is -1.01. The molecule has 74 valence electrons. The molecule has 1 fully saturated rings. The number of rotatable bonds is 5. The van der Waals surface area contributed by atoms with Gasteiger partial charge in [-0.25, -0.2) is 4.79 Å². The molecule has 0 aromatic rings. The van der Waals surface area contributed by atoms with E-state index in [1.165, 1.54) is 0 Å². The second kappa shape index (κ2) is 4.81. The van der Waals surface area contributed by atoms with Crippen LogP contribution in [0.2, 0.25) is 0 Å². The van der Waals surface area contributed by atoms with Crippen molar-refractivity contribution in [2.24, 2.45) is 0 Å². The van der Waals surface area contributed by atoms with Crippen molar-refractivity contribution >= 4 is 12.4 Å². The van der Waals surface area contributed by atoms with E-state index in [0.29, 0.717) is 19.4 Å². The van der Waals surface area contributed by atoms with Gasteiger partial charge in [-0.15, -0.1) is 0 Å². The summed E-state index contributed by atoms with van der Waals surface area (Å²) in [5.41, 5.74) is 0. The second-order valence-corrected chi connectivity index (χ2v) is 3.05. The Kier molecular flexibility index (Phi) is 3.70. The summed E-state index contributed by atoms with van der Waals surface area (Å²) in [6.45, 7) is 0.693. The monoisotopic (exact) mass is 187 g/mol. The third-order valence-electron chi connectivity index (χ3n) is 2.09. The standard InChI is InChI=1S/C8H13NO4/c10-5-9-7(8(11)12)4-6-2-1-3-13-6/h5-7H,1-4H2,(H,9,10)(H,11,12)/t6-,7?/m0/s1. The van der Waals surface area contributed by atoms with E-state index in [9.17, 15) is 9.59 Å². The molecule has 2 atom stereocenters. The van der Waals surface area contributed by atoms with Crippen LogP contribution in [-0.4, -0.2) is 36.2 Å². The summed E-state index contributed by atoms with van der Waals surface area (Å²) in [6.07, 6.45) is 2.60. The Morgan fingerprint density at radius 2 is 2.54 bits per heavy atom. The van der Waals surface area contributed by atoms with Crippen LogP contribution in [0.5, 0.6) is 0 Å². The molecular formula is C8H13NO4. The molecule has 1 amide bonds. The summed E-state index contributed by atoms with van der Waals surface area (Å²) in [6, 6.07) is -0.819. The number of carbonyl (C=O) groups excluding carboxylic acids is 1. The number of carbonyl (C=O) groups is 2. The third-order valence-corrected chi connectivity index (χ3v) is 2.09. The molecule has 2 N–H and O–H groups in total. The average Bonchev–Trinajstić information content (AvgIpc) is 2.56. The number of amides is 1. The van der Waals surface area contributed by atoms with Gasteiger partial charge in [0, 0.05) is 13.0 Å². The predicted octanol–water partition coefficient (Wildman–Crippen LogP) is -0.245. The molecule has 1 aliphatic rings. The van der Waals surface area contributed by atoms with Gasteiger partial charge in [0.2, 0.25) is 6.41 Å². The van der Waals surface area contributed by atoms with Gasteiger partial charge in [-0.2, -0.15) is 0 Å². The van der Waals surface area contributed by atoms with Crippen molar-refractivity contribution in [3.8, 4) is 0 Å². The van der Waals surface area contributed by atoms with Crippen LogP contribution in [0.1, 0.15) is 19.3 Å². The molecule has 0 saturated carbocycles. The van der Waals surface area contributed by atoms with Crippen LogP contribution in [0.15, 0.2) is 0 Å². The maximum absolute atomic E-state index is 10.6. The zero-order chi connectivity index (χ0) is 9.68. The van der Waals surface area contributed by atoms with E-state index in [1.807, 2.05) is 0 Å². The van der Waals surface area contributed by atoms with E-state index in [0.717, 1.165) is 12.8 Å². The number of hydrogen-bond acceptors (Lipinski definition) is 3. The number of hydrogen-bond donors (Lipinski definition) is 2. The number of aliphatic carboxylic acids is 1. The molecule has 1 rings (SSSR count). The molecule has 1 heterocycles. The van der Waals surface area contributed by atoms with Gasteiger partial charge < -0.3 is 15.2 Å². The SMILES string of the molecule is O=CNC(C[C@@H]1CCCO1)C(=O)O. The zero-order valence-corrected chi connectivity index (χ0v) is 7.23. The maximum Gasteiger partial charge on any atom is 0.326 e. The van der Waals surface area contributed by atoms with Crippen LogP contribution >= 0.6 is 0 Å². The Balaban J connectivity index is 2.36. The summed E-state index contributed by atoms with van der Waals surface area (Å²) in [4.78, 5) is 20.7. The van der Waals surface area contributed by atoms with Crippen LogP contribution in [0.25, 0.3) is 0 Å². The number of ether oxygens (including phenoxy) is 1. The molecule has 0 spiro atoms. The highest BCUT2D eigenvalue weighted by atomic mass is 16.5. The summed E-state index contributed by atoms with van der Waals surface area (Å²) >= 11 is 0. The fourth-order valence-corrected chi connectivity index (χ4v) is 1.42. The molecule has 0 aliphatic carbocycles. The highest BCUT2D eigenvalue weighted by Crippen LogP contribution is 2.16. The lowest BCUT2D eigenvalue weighted by molar-refractivity contribution is -0.141. The molecule has 1 saturated heterocycles. The molecule has 0 aromatic carbocycles. The van der Waals surface area contributed by atoms with Gasteiger partial charge in [0.1, 0.15) is 6.04 Å². The van der Waals surface area contributed by atoms with Crippen molar-refractivity contribution in [3.05, 3.63) is 0 Å². The smallest absolute Gasteiger partial charge is 0.326 e. The van der Waals surface area contributed by atoms with Gasteiger partial charge in [-0.1, -0.05) is 0 Å². The summed E-state index contributed by atoms with van der Waals surface area (Å²) in [7, 11) is 0. The maximum atomic E-state index is 10.6. The van der Waals surface area contributed by atoms with Gasteiger partial charge in [0.15, 0.2) is 0 Å². The van der Waals surface area contributed by atoms with Crippen molar-refractivity contribution in [1.82, 2.24) is 5.32 Å². The van der Waals surface area contributed by atoms with Crippen LogP contribution in [0, 0.1) is 0 Å². The van der Waals surface area contributed by atoms with Crippen molar-refractivity contribution in [2.45, 2.75) is 31.4 Å². The molecule has 5 nitrogen and oxygen atoms in total. The molecule has 0 radical (unpaired) electrons. The number of carboxylic acid groups (broad SMARTS) is 1. The van der Waals surface area contributed by atoms with Gasteiger partial charge in [-0.05, 0) is 12.8 Å². The topological polar surface area (TPSA) is 75.6 Å². The minimum absolute atomic E-state index is 0.0199. The molecular weight excluding hydrogens is 174 g/mol. The minimum atomic E-state index is -1.01. The third kappa shape index (κ3) is 3.02. The summed E-state index contributed by atoms with van der Waals surface area (Å²) in [5, 5.41) is 10.9. The lowest BCUT2D eigenvalue weighted by Crippen LogP contribution is -2.38. The van der Waals surface area contributed by atoms with Gasteiger partial charge in [0.25, 0.3) is 0 Å². The van der Waals surface area contributed by atoms with Crippen molar-refractivity contribution in [2.75, 3.05) is 6.61 Å². The first kappa shape index (κ1) is 9.98. The highest BCUT2D eigenvalue weighted by molar-refractivity contribution is 5.76. The van der Waals surface area contributed by atoms with Crippen molar-refractivity contribution < 1.29 is 19.4 Å². The molecule has 0 bridgehead atoms. The van der Waals surface area contributed by atoms with E-state index in [1.54, 1.807) is 0 Å². The predicted molar refractivity (Wildman–Crippen MR) is 44.2 cm³/mol. The lowest BCUT2D eigenvalue weighted by atomic mass is 10.1. The molecule has 1 unspecified atom stereocenters. The Hall–Kier alpha value is -1.10. The molecule has 13 heavy (non-hydrogen) atoms. The van der Waals surface area contributed by atoms with E-state index in [2.05, 4.69) is 5.32 Å². The highest BCUT2D eigenvalue weighted by Gasteiger charge is 2.24. The van der Waals surface area contributed by atoms with E-state index in [-0.39, 0.29) is 6.10 Å². The average molecular weight is 187 g/mol. The quantitative estimate of drug-likeness (QED) is 0.582. The summed E-state index contributed by atoms with van der Waals surface area (Å²) < 4.78 is 5.26. The Bertz CT molecular complexity index is 189. The van der Waals surface area contributed by atoms with Crippen LogP contribution in [0.3, 0.4) is 0 Å². The number of carboxylic acids is 1. The van der Waals surface area contributed by atoms with Crippen LogP contribution in [0.4, 0.5) is 0 Å². The lowest BCUT2D eigenvalue weighted by Gasteiger charge is -2.15. The molecule has 1 aliphatic heterocycles. The van der Waals surface area contributed by atoms with E-state index < -0.39 is 12.0 Å². The largest absolute Gasteiger partial charge is 0.480 e. The van der Waals surface area contributed by atoms with Gasteiger partial charge in [-0.3, -0.25) is 4.79 Å². The first-order chi connectivity index (χ1) is 6.24. The Morgan fingerprint density at radius 3 is 3.00 bits per heavy atom. The Morgan fingerprint density at radius 1 is 1.77 bits per heavy atom. The fourth-order valence-electron chi connectivity index (χ4n) is 1.42. The number of nitrogens with one attached hydrogen (secondary N) is 1. The Labute approximate surface area is 76.1 Å². The van der Waals surface area contributed by atoms with E-state index in [4.69, 9.17) is 9.84 Å². The van der Waals surface area contributed by atoms with Crippen LogP contribution < -0.4 is 5.32 Å². The fraction of sp³-hybridized carbons (Fsp3) is 0.750. The van der Waals surface area contributed by atoms with Crippen molar-refractivity contribution in [1.29, 1.82) is 0 Å². The first-order valence-electron chi connectivity index (χ1n) is 4.28. The molecule has 0 aromatic heterocycles. The van der Waals surface area contributed by atoms with Gasteiger partial charge in [0.05, 0.1) is 6.10 Å². The zero-order valence-electron chi connectivity index (χ0n) is 7.23.